The number of benzene rings is 2. The second-order valence-electron chi connectivity index (χ2n) is 8.59. The van der Waals surface area contributed by atoms with Crippen LogP contribution in [0.1, 0.15) is 42.6 Å². The fourth-order valence-electron chi connectivity index (χ4n) is 4.09. The number of aromatic nitrogens is 2. The minimum atomic E-state index is -5.08. The summed E-state index contributed by atoms with van der Waals surface area (Å²) < 4.78 is 37.6. The fraction of sp³-hybridized carbons (Fsp3) is 0.440. The van der Waals surface area contributed by atoms with Crippen molar-refractivity contribution in [2.24, 2.45) is 5.92 Å². The van der Waals surface area contributed by atoms with Crippen LogP contribution in [0, 0.1) is 12.8 Å². The Morgan fingerprint density at radius 2 is 1.94 bits per heavy atom. The number of fused-ring (bicyclic) bond motifs is 1. The summed E-state index contributed by atoms with van der Waals surface area (Å²) in [6.07, 6.45) is 1.19. The highest BCUT2D eigenvalue weighted by atomic mass is 35.5. The van der Waals surface area contributed by atoms with Crippen LogP contribution in [0.3, 0.4) is 0 Å². The summed E-state index contributed by atoms with van der Waals surface area (Å²) in [4.78, 5) is 17.2. The highest BCUT2D eigenvalue weighted by molar-refractivity contribution is 6.30. The summed E-state index contributed by atoms with van der Waals surface area (Å²) in [5, 5.41) is 11.4. The number of nitrogens with zero attached hydrogens (tertiary/aromatic N) is 1. The fourth-order valence-corrected chi connectivity index (χ4v) is 4.21. The Morgan fingerprint density at radius 3 is 2.57 bits per heavy atom. The number of nitrogens with one attached hydrogen (secondary N) is 2. The SMILES string of the molecule is Cc1ccc2[nH]c(COc3ccc(Cl)cc3)nc2c1CCCC1CCCNC1.O=C(O)C(F)(F)F. The largest absolute Gasteiger partial charge is 0.490 e. The van der Waals surface area contributed by atoms with Gasteiger partial charge in [0.25, 0.3) is 0 Å². The molecular weight excluding hydrogens is 483 g/mol. The first kappa shape index (κ1) is 26.8. The third kappa shape index (κ3) is 8.14. The Morgan fingerprint density at radius 1 is 1.23 bits per heavy atom. The molecule has 1 aliphatic rings. The number of alkyl halides is 3. The van der Waals surface area contributed by atoms with Gasteiger partial charge in [-0.2, -0.15) is 13.2 Å². The second-order valence-corrected chi connectivity index (χ2v) is 9.03. The molecule has 35 heavy (non-hydrogen) atoms. The Hall–Kier alpha value is -2.78. The lowest BCUT2D eigenvalue weighted by Crippen LogP contribution is -2.29. The molecular formula is C25H29ClF3N3O3. The van der Waals surface area contributed by atoms with Gasteiger partial charge in [-0.3, -0.25) is 0 Å². The molecule has 6 nitrogen and oxygen atoms in total. The molecule has 4 rings (SSSR count). The summed E-state index contributed by atoms with van der Waals surface area (Å²) in [5.41, 5.74) is 4.88. The molecule has 1 aliphatic heterocycles. The van der Waals surface area contributed by atoms with E-state index in [1.165, 1.54) is 49.9 Å². The van der Waals surface area contributed by atoms with E-state index < -0.39 is 12.1 Å². The first-order valence-electron chi connectivity index (χ1n) is 11.5. The van der Waals surface area contributed by atoms with E-state index in [0.29, 0.717) is 11.6 Å². The summed E-state index contributed by atoms with van der Waals surface area (Å²) in [6, 6.07) is 11.7. The number of H-pyrrole nitrogens is 1. The standard InChI is InChI=1S/C23H28ClN3O.C2HF3O2/c1-16-7-12-21-23(20(16)6-2-4-17-5-3-13-25-14-17)27-22(26-21)15-28-19-10-8-18(24)9-11-19;3-2(4,5)1(6)7/h7-12,17,25H,2-6,13-15H2,1H3,(H,26,27);(H,6,7). The summed E-state index contributed by atoms with van der Waals surface area (Å²) >= 11 is 5.93. The second kappa shape index (κ2) is 12.3. The minimum absolute atomic E-state index is 0.419. The van der Waals surface area contributed by atoms with Crippen molar-refractivity contribution in [3.8, 4) is 5.75 Å². The number of ether oxygens (including phenoxy) is 1. The number of aromatic amines is 1. The number of carbonyl (C=O) groups is 1. The van der Waals surface area contributed by atoms with Gasteiger partial charge in [0.1, 0.15) is 18.2 Å². The molecule has 2 heterocycles. The Bertz CT molecular complexity index is 1110. The topological polar surface area (TPSA) is 87.2 Å². The maximum Gasteiger partial charge on any atom is 0.490 e. The first-order chi connectivity index (χ1) is 16.6. The molecule has 3 N–H and O–H groups in total. The van der Waals surface area contributed by atoms with Gasteiger partial charge in [0.05, 0.1) is 11.0 Å². The Kier molecular flexibility index (Phi) is 9.40. The van der Waals surface area contributed by atoms with E-state index in [9.17, 15) is 13.2 Å². The smallest absolute Gasteiger partial charge is 0.486 e. The highest BCUT2D eigenvalue weighted by Gasteiger charge is 2.38. The lowest BCUT2D eigenvalue weighted by Gasteiger charge is -2.22. The predicted octanol–water partition coefficient (Wildman–Crippen LogP) is 6.06. The molecule has 0 aliphatic carbocycles. The van der Waals surface area contributed by atoms with Gasteiger partial charge < -0.3 is 20.1 Å². The molecule has 1 saturated heterocycles. The minimum Gasteiger partial charge on any atom is -0.486 e. The summed E-state index contributed by atoms with van der Waals surface area (Å²) in [7, 11) is 0. The molecule has 1 fully saturated rings. The number of hydrogen-bond donors (Lipinski definition) is 3. The van der Waals surface area contributed by atoms with Gasteiger partial charge in [0.15, 0.2) is 0 Å². The quantitative estimate of drug-likeness (QED) is 0.359. The Labute approximate surface area is 206 Å². The van der Waals surface area contributed by atoms with Gasteiger partial charge in [-0.05, 0) is 99.5 Å². The molecule has 10 heteroatoms. The molecule has 0 saturated carbocycles. The van der Waals surface area contributed by atoms with Crippen molar-refractivity contribution in [1.29, 1.82) is 0 Å². The number of halogens is 4. The predicted molar refractivity (Wildman–Crippen MR) is 129 cm³/mol. The van der Waals surface area contributed by atoms with E-state index in [1.807, 2.05) is 24.3 Å². The van der Waals surface area contributed by atoms with E-state index in [1.54, 1.807) is 0 Å². The van der Waals surface area contributed by atoms with E-state index >= 15 is 0 Å². The normalized spacial score (nSPS) is 16.0. The maximum absolute atomic E-state index is 10.6. The third-order valence-electron chi connectivity index (χ3n) is 5.91. The van der Waals surface area contributed by atoms with Crippen LogP contribution in [-0.2, 0) is 17.8 Å². The van der Waals surface area contributed by atoms with Gasteiger partial charge in [0, 0.05) is 5.02 Å². The lowest BCUT2D eigenvalue weighted by atomic mass is 9.92. The van der Waals surface area contributed by atoms with Crippen LogP contribution >= 0.6 is 11.6 Å². The molecule has 0 radical (unpaired) electrons. The van der Waals surface area contributed by atoms with Gasteiger partial charge in [-0.25, -0.2) is 9.78 Å². The highest BCUT2D eigenvalue weighted by Crippen LogP contribution is 2.25. The molecule has 1 unspecified atom stereocenters. The molecule has 2 aromatic carbocycles. The molecule has 0 bridgehead atoms. The summed E-state index contributed by atoms with van der Waals surface area (Å²) in [5.74, 6) is -0.279. The zero-order valence-corrected chi connectivity index (χ0v) is 20.2. The first-order valence-corrected chi connectivity index (χ1v) is 11.9. The van der Waals surface area contributed by atoms with E-state index in [-0.39, 0.29) is 0 Å². The zero-order chi connectivity index (χ0) is 25.4. The van der Waals surface area contributed by atoms with Crippen LogP contribution in [0.25, 0.3) is 11.0 Å². The summed E-state index contributed by atoms with van der Waals surface area (Å²) in [6.45, 7) is 4.97. The van der Waals surface area contributed by atoms with Crippen LogP contribution in [0.4, 0.5) is 13.2 Å². The molecule has 1 atom stereocenters. The van der Waals surface area contributed by atoms with Crippen molar-refractivity contribution in [2.45, 2.75) is 51.8 Å². The van der Waals surface area contributed by atoms with E-state index in [2.05, 4.69) is 29.4 Å². The van der Waals surface area contributed by atoms with Crippen molar-refractivity contribution in [2.75, 3.05) is 13.1 Å². The lowest BCUT2D eigenvalue weighted by molar-refractivity contribution is -0.192. The number of carboxylic acids is 1. The van der Waals surface area contributed by atoms with E-state index in [4.69, 9.17) is 31.2 Å². The van der Waals surface area contributed by atoms with Crippen LogP contribution in [0.15, 0.2) is 36.4 Å². The average Bonchev–Trinajstić information content (AvgIpc) is 3.24. The number of aryl methyl sites for hydroxylation is 2. The molecule has 0 spiro atoms. The average molecular weight is 512 g/mol. The van der Waals surface area contributed by atoms with Gasteiger partial charge in [0.2, 0.25) is 0 Å². The van der Waals surface area contributed by atoms with E-state index in [0.717, 1.165) is 34.9 Å². The number of imidazole rings is 1. The van der Waals surface area contributed by atoms with Crippen LogP contribution in [0.2, 0.25) is 5.02 Å². The molecule has 1 aromatic heterocycles. The number of carboxylic acid groups (broad SMARTS) is 1. The van der Waals surface area contributed by atoms with Gasteiger partial charge in [-0.1, -0.05) is 17.7 Å². The molecule has 190 valence electrons. The maximum atomic E-state index is 10.6. The zero-order valence-electron chi connectivity index (χ0n) is 19.4. The Balaban J connectivity index is 0.000000429. The third-order valence-corrected chi connectivity index (χ3v) is 6.16. The van der Waals surface area contributed by atoms with Crippen molar-refractivity contribution in [1.82, 2.24) is 15.3 Å². The number of piperidine rings is 1. The molecule has 0 amide bonds. The van der Waals surface area contributed by atoms with Crippen LogP contribution in [0.5, 0.6) is 5.75 Å². The van der Waals surface area contributed by atoms with Gasteiger partial charge >= 0.3 is 12.1 Å². The van der Waals surface area contributed by atoms with Crippen molar-refractivity contribution < 1.29 is 27.8 Å². The number of rotatable bonds is 7. The number of hydrogen-bond acceptors (Lipinski definition) is 4. The number of aliphatic carboxylic acids is 1. The van der Waals surface area contributed by atoms with Crippen LogP contribution < -0.4 is 10.1 Å². The monoisotopic (exact) mass is 511 g/mol. The molecule has 3 aromatic rings. The van der Waals surface area contributed by atoms with Gasteiger partial charge in [-0.15, -0.1) is 0 Å². The van der Waals surface area contributed by atoms with Crippen molar-refractivity contribution in [3.63, 3.8) is 0 Å². The van der Waals surface area contributed by atoms with Crippen molar-refractivity contribution >= 4 is 28.6 Å². The van der Waals surface area contributed by atoms with Crippen molar-refractivity contribution in [3.05, 3.63) is 58.4 Å². The van der Waals surface area contributed by atoms with Crippen LogP contribution in [-0.4, -0.2) is 40.3 Å².